The van der Waals surface area contributed by atoms with E-state index in [9.17, 15) is 0 Å². The molecule has 1 aliphatic carbocycles. The molecule has 0 amide bonds. The lowest BCUT2D eigenvalue weighted by Gasteiger charge is -2.21. The number of halogens is 1. The van der Waals surface area contributed by atoms with Crippen molar-refractivity contribution in [3.8, 4) is 0 Å². The van der Waals surface area contributed by atoms with Crippen LogP contribution in [0.3, 0.4) is 0 Å². The first kappa shape index (κ1) is 12.9. The topological polar surface area (TPSA) is 29.3 Å². The Balaban J connectivity index is 1.77. The molecule has 17 heavy (non-hydrogen) atoms. The second kappa shape index (κ2) is 5.85. The number of nitrogens with two attached hydrogens (primary N) is 1. The van der Waals surface area contributed by atoms with Crippen molar-refractivity contribution in [2.24, 2.45) is 11.7 Å². The van der Waals surface area contributed by atoms with Crippen LogP contribution in [0.5, 0.6) is 0 Å². The zero-order chi connectivity index (χ0) is 12.3. The summed E-state index contributed by atoms with van der Waals surface area (Å²) in [6, 6.07) is 8.34. The third-order valence-electron chi connectivity index (χ3n) is 3.22. The van der Waals surface area contributed by atoms with Crippen LogP contribution in [-0.4, -0.2) is 24.5 Å². The SMILES string of the molecule is CN(Cc1cccc(Cl)c1)CC(N)CC1CC1. The molecule has 2 nitrogen and oxygen atoms in total. The number of benzene rings is 1. The van der Waals surface area contributed by atoms with Crippen LogP contribution in [0.2, 0.25) is 5.02 Å². The van der Waals surface area contributed by atoms with E-state index in [0.717, 1.165) is 24.0 Å². The lowest BCUT2D eigenvalue weighted by molar-refractivity contribution is 0.293. The van der Waals surface area contributed by atoms with Gasteiger partial charge in [-0.25, -0.2) is 0 Å². The standard InChI is InChI=1S/C14H21ClN2/c1-17(10-14(16)8-11-5-6-11)9-12-3-2-4-13(15)7-12/h2-4,7,11,14H,5-6,8-10,16H2,1H3. The fraction of sp³-hybridized carbons (Fsp3) is 0.571. The summed E-state index contributed by atoms with van der Waals surface area (Å²) in [7, 11) is 2.12. The van der Waals surface area contributed by atoms with Crippen molar-refractivity contribution in [1.29, 1.82) is 0 Å². The highest BCUT2D eigenvalue weighted by atomic mass is 35.5. The van der Waals surface area contributed by atoms with E-state index in [0.29, 0.717) is 6.04 Å². The molecule has 0 aliphatic heterocycles. The van der Waals surface area contributed by atoms with Gasteiger partial charge >= 0.3 is 0 Å². The molecule has 1 aromatic rings. The molecule has 1 unspecified atom stereocenters. The maximum Gasteiger partial charge on any atom is 0.0409 e. The minimum absolute atomic E-state index is 0.312. The van der Waals surface area contributed by atoms with Crippen molar-refractivity contribution >= 4 is 11.6 Å². The van der Waals surface area contributed by atoms with Crippen molar-refractivity contribution in [2.45, 2.75) is 31.8 Å². The van der Waals surface area contributed by atoms with Gasteiger partial charge in [0.05, 0.1) is 0 Å². The molecule has 0 spiro atoms. The van der Waals surface area contributed by atoms with Gasteiger partial charge in [-0.15, -0.1) is 0 Å². The van der Waals surface area contributed by atoms with Crippen molar-refractivity contribution in [3.05, 3.63) is 34.9 Å². The molecule has 1 atom stereocenters. The molecule has 1 aromatic carbocycles. The molecular formula is C14H21ClN2. The molecule has 3 heteroatoms. The molecule has 0 saturated heterocycles. The summed E-state index contributed by atoms with van der Waals surface area (Å²) in [6.45, 7) is 1.88. The molecular weight excluding hydrogens is 232 g/mol. The third-order valence-corrected chi connectivity index (χ3v) is 3.46. The Morgan fingerprint density at radius 1 is 1.47 bits per heavy atom. The number of likely N-dealkylation sites (N-methyl/N-ethyl adjacent to an activating group) is 1. The number of hydrogen-bond acceptors (Lipinski definition) is 2. The fourth-order valence-electron chi connectivity index (χ4n) is 2.27. The highest BCUT2D eigenvalue weighted by molar-refractivity contribution is 6.30. The van der Waals surface area contributed by atoms with Gasteiger partial charge in [-0.3, -0.25) is 0 Å². The van der Waals surface area contributed by atoms with Gasteiger partial charge in [0.15, 0.2) is 0 Å². The fourth-order valence-corrected chi connectivity index (χ4v) is 2.48. The lowest BCUT2D eigenvalue weighted by atomic mass is 10.1. The molecule has 0 heterocycles. The minimum atomic E-state index is 0.312. The van der Waals surface area contributed by atoms with Crippen LogP contribution in [0.4, 0.5) is 0 Å². The molecule has 94 valence electrons. The summed E-state index contributed by atoms with van der Waals surface area (Å²) >= 11 is 5.97. The summed E-state index contributed by atoms with van der Waals surface area (Å²) < 4.78 is 0. The Morgan fingerprint density at radius 2 is 2.24 bits per heavy atom. The molecule has 0 aromatic heterocycles. The summed E-state index contributed by atoms with van der Waals surface area (Å²) in [4.78, 5) is 2.28. The maximum atomic E-state index is 6.13. The minimum Gasteiger partial charge on any atom is -0.327 e. The maximum absolute atomic E-state index is 6.13. The van der Waals surface area contributed by atoms with Gasteiger partial charge < -0.3 is 10.6 Å². The molecule has 2 N–H and O–H groups in total. The first-order chi connectivity index (χ1) is 8.13. The quantitative estimate of drug-likeness (QED) is 0.844. The predicted octanol–water partition coefficient (Wildman–Crippen LogP) is 2.90. The monoisotopic (exact) mass is 252 g/mol. The Morgan fingerprint density at radius 3 is 2.88 bits per heavy atom. The van der Waals surface area contributed by atoms with Crippen LogP contribution in [0.15, 0.2) is 24.3 Å². The van der Waals surface area contributed by atoms with Crippen molar-refractivity contribution in [3.63, 3.8) is 0 Å². The van der Waals surface area contributed by atoms with Gasteiger partial charge in [0.25, 0.3) is 0 Å². The zero-order valence-corrected chi connectivity index (χ0v) is 11.2. The molecule has 0 bridgehead atoms. The Labute approximate surface area is 109 Å². The van der Waals surface area contributed by atoms with Gasteiger partial charge in [-0.05, 0) is 37.1 Å². The smallest absolute Gasteiger partial charge is 0.0409 e. The van der Waals surface area contributed by atoms with Gasteiger partial charge in [-0.2, -0.15) is 0 Å². The van der Waals surface area contributed by atoms with Crippen LogP contribution in [0.25, 0.3) is 0 Å². The second-order valence-corrected chi connectivity index (χ2v) is 5.70. The number of rotatable bonds is 6. The third kappa shape index (κ3) is 4.66. The first-order valence-electron chi connectivity index (χ1n) is 6.32. The number of hydrogen-bond donors (Lipinski definition) is 1. The van der Waals surface area contributed by atoms with Crippen molar-refractivity contribution in [2.75, 3.05) is 13.6 Å². The summed E-state index contributed by atoms with van der Waals surface area (Å²) in [5, 5.41) is 0.804. The van der Waals surface area contributed by atoms with Crippen LogP contribution >= 0.6 is 11.6 Å². The number of nitrogens with zero attached hydrogens (tertiary/aromatic N) is 1. The van der Waals surface area contributed by atoms with E-state index < -0.39 is 0 Å². The van der Waals surface area contributed by atoms with E-state index in [1.54, 1.807) is 0 Å². The van der Waals surface area contributed by atoms with E-state index in [-0.39, 0.29) is 0 Å². The molecule has 1 saturated carbocycles. The summed E-state index contributed by atoms with van der Waals surface area (Å²) in [5.41, 5.74) is 7.38. The van der Waals surface area contributed by atoms with E-state index >= 15 is 0 Å². The van der Waals surface area contributed by atoms with Crippen LogP contribution in [-0.2, 0) is 6.54 Å². The Kier molecular flexibility index (Phi) is 4.43. The predicted molar refractivity (Wildman–Crippen MR) is 73.1 cm³/mol. The van der Waals surface area contributed by atoms with Gasteiger partial charge in [0, 0.05) is 24.2 Å². The zero-order valence-electron chi connectivity index (χ0n) is 10.4. The van der Waals surface area contributed by atoms with Crippen LogP contribution < -0.4 is 5.73 Å². The van der Waals surface area contributed by atoms with Gasteiger partial charge in [0.1, 0.15) is 0 Å². The van der Waals surface area contributed by atoms with Gasteiger partial charge in [-0.1, -0.05) is 36.6 Å². The average molecular weight is 253 g/mol. The van der Waals surface area contributed by atoms with E-state index in [1.165, 1.54) is 24.8 Å². The molecule has 0 radical (unpaired) electrons. The van der Waals surface area contributed by atoms with Gasteiger partial charge in [0.2, 0.25) is 0 Å². The lowest BCUT2D eigenvalue weighted by Crippen LogP contribution is -2.35. The summed E-state index contributed by atoms with van der Waals surface area (Å²) in [6.07, 6.45) is 3.94. The van der Waals surface area contributed by atoms with E-state index in [2.05, 4.69) is 18.0 Å². The first-order valence-corrected chi connectivity index (χ1v) is 6.70. The highest BCUT2D eigenvalue weighted by Crippen LogP contribution is 2.33. The van der Waals surface area contributed by atoms with Crippen LogP contribution in [0.1, 0.15) is 24.8 Å². The molecule has 1 aliphatic rings. The molecule has 1 fully saturated rings. The normalized spacial score (nSPS) is 17.4. The average Bonchev–Trinajstić information content (AvgIpc) is 3.00. The largest absolute Gasteiger partial charge is 0.327 e. The van der Waals surface area contributed by atoms with E-state index in [4.69, 9.17) is 17.3 Å². The van der Waals surface area contributed by atoms with E-state index in [1.807, 2.05) is 18.2 Å². The molecule has 2 rings (SSSR count). The van der Waals surface area contributed by atoms with Crippen molar-refractivity contribution < 1.29 is 0 Å². The Hall–Kier alpha value is -0.570. The second-order valence-electron chi connectivity index (χ2n) is 5.27. The van der Waals surface area contributed by atoms with Crippen molar-refractivity contribution in [1.82, 2.24) is 4.90 Å². The Bertz CT molecular complexity index is 363. The highest BCUT2D eigenvalue weighted by Gasteiger charge is 2.24. The van der Waals surface area contributed by atoms with Crippen LogP contribution in [0, 0.1) is 5.92 Å². The summed E-state index contributed by atoms with van der Waals surface area (Å²) in [5.74, 6) is 0.907.